The summed E-state index contributed by atoms with van der Waals surface area (Å²) in [4.78, 5) is 19.0. The van der Waals surface area contributed by atoms with Gasteiger partial charge in [-0.1, -0.05) is 47.7 Å². The number of carbonyl (C=O) groups is 1. The Balaban J connectivity index is 1.87. The summed E-state index contributed by atoms with van der Waals surface area (Å²) in [6.45, 7) is 4.66. The van der Waals surface area contributed by atoms with Gasteiger partial charge in [0.2, 0.25) is 5.91 Å². The highest BCUT2D eigenvalue weighted by Gasteiger charge is 2.18. The molecule has 2 aromatic carbocycles. The molecule has 0 saturated heterocycles. The third kappa shape index (κ3) is 2.88. The number of hydrogen-bond acceptors (Lipinski definition) is 3. The number of fused-ring (bicyclic) bond motifs is 1. The molecule has 3 aromatic rings. The number of thiazole rings is 1. The zero-order valence-electron chi connectivity index (χ0n) is 12.7. The Morgan fingerprint density at radius 3 is 2.59 bits per heavy atom. The summed E-state index contributed by atoms with van der Waals surface area (Å²) in [5.41, 5.74) is 3.17. The van der Waals surface area contributed by atoms with Crippen molar-refractivity contribution >= 4 is 32.6 Å². The molecule has 0 unspecified atom stereocenters. The Labute approximate surface area is 134 Å². The number of anilines is 1. The van der Waals surface area contributed by atoms with E-state index in [2.05, 4.69) is 4.98 Å². The van der Waals surface area contributed by atoms with Gasteiger partial charge in [0.05, 0.1) is 16.6 Å². The summed E-state index contributed by atoms with van der Waals surface area (Å²) in [5.74, 6) is 0.0934. The first-order valence-electron chi connectivity index (χ1n) is 7.39. The molecule has 0 aliphatic rings. The smallest absolute Gasteiger partial charge is 0.233 e. The maximum atomic E-state index is 12.7. The summed E-state index contributed by atoms with van der Waals surface area (Å²) < 4.78 is 1.11. The van der Waals surface area contributed by atoms with Crippen LogP contribution in [0.5, 0.6) is 0 Å². The van der Waals surface area contributed by atoms with Gasteiger partial charge >= 0.3 is 0 Å². The number of aromatic nitrogens is 1. The van der Waals surface area contributed by atoms with Gasteiger partial charge in [-0.05, 0) is 37.1 Å². The van der Waals surface area contributed by atoms with Crippen LogP contribution < -0.4 is 4.90 Å². The van der Waals surface area contributed by atoms with E-state index in [4.69, 9.17) is 0 Å². The van der Waals surface area contributed by atoms with Crippen molar-refractivity contribution in [2.75, 3.05) is 11.4 Å². The Bertz CT molecular complexity index is 776. The van der Waals surface area contributed by atoms with Gasteiger partial charge in [-0.3, -0.25) is 9.69 Å². The molecule has 3 rings (SSSR count). The first-order valence-corrected chi connectivity index (χ1v) is 8.21. The van der Waals surface area contributed by atoms with Crippen LogP contribution in [-0.4, -0.2) is 17.4 Å². The van der Waals surface area contributed by atoms with E-state index in [1.54, 1.807) is 16.2 Å². The van der Waals surface area contributed by atoms with E-state index >= 15 is 0 Å². The number of hydrogen-bond donors (Lipinski definition) is 0. The molecule has 1 amide bonds. The molecular formula is C18H18N2OS. The van der Waals surface area contributed by atoms with Crippen molar-refractivity contribution in [2.24, 2.45) is 0 Å². The molecule has 0 saturated carbocycles. The fraction of sp³-hybridized carbons (Fsp3) is 0.222. The number of aryl methyl sites for hydroxylation is 1. The Hall–Kier alpha value is -2.20. The van der Waals surface area contributed by atoms with Crippen molar-refractivity contribution in [3.05, 3.63) is 59.7 Å². The van der Waals surface area contributed by atoms with E-state index in [1.807, 2.05) is 62.4 Å². The van der Waals surface area contributed by atoms with Crippen LogP contribution in [0, 0.1) is 6.92 Å². The van der Waals surface area contributed by atoms with Crippen LogP contribution in [0.2, 0.25) is 0 Å². The Morgan fingerprint density at radius 1 is 1.14 bits per heavy atom. The van der Waals surface area contributed by atoms with E-state index in [-0.39, 0.29) is 5.91 Å². The molecule has 0 bridgehead atoms. The van der Waals surface area contributed by atoms with E-state index in [0.717, 1.165) is 26.5 Å². The number of carbonyl (C=O) groups excluding carboxylic acids is 1. The summed E-state index contributed by atoms with van der Waals surface area (Å²) in [6.07, 6.45) is 0.413. The van der Waals surface area contributed by atoms with Crippen molar-refractivity contribution in [1.29, 1.82) is 0 Å². The zero-order chi connectivity index (χ0) is 15.5. The van der Waals surface area contributed by atoms with Crippen molar-refractivity contribution in [2.45, 2.75) is 20.3 Å². The summed E-state index contributed by atoms with van der Waals surface area (Å²) in [7, 11) is 0. The maximum absolute atomic E-state index is 12.7. The zero-order valence-corrected chi connectivity index (χ0v) is 13.6. The average Bonchev–Trinajstić information content (AvgIpc) is 2.94. The van der Waals surface area contributed by atoms with Crippen LogP contribution in [0.25, 0.3) is 10.2 Å². The average molecular weight is 310 g/mol. The predicted octanol–water partition coefficient (Wildman–Crippen LogP) is 4.20. The molecule has 0 radical (unpaired) electrons. The molecule has 22 heavy (non-hydrogen) atoms. The van der Waals surface area contributed by atoms with Crippen LogP contribution in [0.3, 0.4) is 0 Å². The van der Waals surface area contributed by atoms with Gasteiger partial charge in [0.15, 0.2) is 5.13 Å². The highest BCUT2D eigenvalue weighted by atomic mass is 32.1. The number of likely N-dealkylation sites (N-methyl/N-ethyl adjacent to an activating group) is 1. The normalized spacial score (nSPS) is 10.8. The molecule has 0 spiro atoms. The van der Waals surface area contributed by atoms with Gasteiger partial charge in [-0.2, -0.15) is 0 Å². The largest absolute Gasteiger partial charge is 0.288 e. The first kappa shape index (κ1) is 14.7. The maximum Gasteiger partial charge on any atom is 0.233 e. The van der Waals surface area contributed by atoms with E-state index in [0.29, 0.717) is 13.0 Å². The van der Waals surface area contributed by atoms with Crippen molar-refractivity contribution in [1.82, 2.24) is 4.98 Å². The molecule has 0 fully saturated rings. The second-order valence-corrected chi connectivity index (χ2v) is 6.21. The monoisotopic (exact) mass is 310 g/mol. The number of benzene rings is 2. The number of rotatable bonds is 4. The van der Waals surface area contributed by atoms with Gasteiger partial charge in [-0.15, -0.1) is 0 Å². The van der Waals surface area contributed by atoms with E-state index < -0.39 is 0 Å². The number of para-hydroxylation sites is 1. The molecule has 3 nitrogen and oxygen atoms in total. The number of amides is 1. The molecule has 0 atom stereocenters. The molecule has 1 aromatic heterocycles. The fourth-order valence-electron chi connectivity index (χ4n) is 2.46. The summed E-state index contributed by atoms with van der Waals surface area (Å²) in [6, 6.07) is 16.0. The van der Waals surface area contributed by atoms with Gasteiger partial charge in [0.25, 0.3) is 0 Å². The highest BCUT2D eigenvalue weighted by Crippen LogP contribution is 2.29. The highest BCUT2D eigenvalue weighted by molar-refractivity contribution is 7.22. The molecule has 4 heteroatoms. The Morgan fingerprint density at radius 2 is 1.86 bits per heavy atom. The lowest BCUT2D eigenvalue weighted by molar-refractivity contribution is -0.117. The van der Waals surface area contributed by atoms with Gasteiger partial charge < -0.3 is 0 Å². The molecule has 0 aliphatic carbocycles. The van der Waals surface area contributed by atoms with Crippen LogP contribution in [0.1, 0.15) is 18.1 Å². The third-order valence-electron chi connectivity index (χ3n) is 3.73. The second-order valence-electron chi connectivity index (χ2n) is 5.21. The standard InChI is InChI=1S/C18H18N2OS/c1-3-20(17(21)12-14-9-5-4-8-13(14)2)18-19-15-10-6-7-11-16(15)22-18/h4-11H,3,12H2,1-2H3. The SMILES string of the molecule is CCN(C(=O)Cc1ccccc1C)c1nc2ccccc2s1. The van der Waals surface area contributed by atoms with Crippen molar-refractivity contribution in [3.8, 4) is 0 Å². The first-order chi connectivity index (χ1) is 10.7. The van der Waals surface area contributed by atoms with Crippen molar-refractivity contribution < 1.29 is 4.79 Å². The van der Waals surface area contributed by atoms with Crippen LogP contribution in [0.4, 0.5) is 5.13 Å². The fourth-order valence-corrected chi connectivity index (χ4v) is 3.51. The topological polar surface area (TPSA) is 33.2 Å². The minimum absolute atomic E-state index is 0.0934. The quantitative estimate of drug-likeness (QED) is 0.723. The van der Waals surface area contributed by atoms with E-state index in [9.17, 15) is 4.79 Å². The minimum atomic E-state index is 0.0934. The lowest BCUT2D eigenvalue weighted by Crippen LogP contribution is -2.32. The van der Waals surface area contributed by atoms with Crippen molar-refractivity contribution in [3.63, 3.8) is 0 Å². The van der Waals surface area contributed by atoms with E-state index in [1.165, 1.54) is 0 Å². The number of nitrogens with zero attached hydrogens (tertiary/aromatic N) is 2. The van der Waals surface area contributed by atoms with Crippen LogP contribution >= 0.6 is 11.3 Å². The lowest BCUT2D eigenvalue weighted by Gasteiger charge is -2.18. The predicted molar refractivity (Wildman–Crippen MR) is 92.5 cm³/mol. The van der Waals surface area contributed by atoms with Crippen LogP contribution in [-0.2, 0) is 11.2 Å². The van der Waals surface area contributed by atoms with Gasteiger partial charge in [0, 0.05) is 6.54 Å². The second kappa shape index (κ2) is 6.28. The molecule has 112 valence electrons. The lowest BCUT2D eigenvalue weighted by atomic mass is 10.1. The van der Waals surface area contributed by atoms with Gasteiger partial charge in [-0.25, -0.2) is 4.98 Å². The Kier molecular flexibility index (Phi) is 4.20. The molecule has 1 heterocycles. The minimum Gasteiger partial charge on any atom is -0.288 e. The molecular weight excluding hydrogens is 292 g/mol. The summed E-state index contributed by atoms with van der Waals surface area (Å²) >= 11 is 1.57. The molecule has 0 aliphatic heterocycles. The third-order valence-corrected chi connectivity index (χ3v) is 4.79. The summed E-state index contributed by atoms with van der Waals surface area (Å²) in [5, 5.41) is 0.780. The molecule has 0 N–H and O–H groups in total. The van der Waals surface area contributed by atoms with Crippen LogP contribution in [0.15, 0.2) is 48.5 Å². The van der Waals surface area contributed by atoms with Gasteiger partial charge in [0.1, 0.15) is 0 Å².